The number of hydrogen-bond donors (Lipinski definition) is 2. The second kappa shape index (κ2) is 5.78. The Morgan fingerprint density at radius 3 is 2.78 bits per heavy atom. The van der Waals surface area contributed by atoms with Crippen molar-refractivity contribution in [1.29, 1.82) is 0 Å². The fourth-order valence-electron chi connectivity index (χ4n) is 1.22. The van der Waals surface area contributed by atoms with Crippen molar-refractivity contribution in [2.24, 2.45) is 0 Å². The Labute approximate surface area is 104 Å². The van der Waals surface area contributed by atoms with Crippen LogP contribution in [0.1, 0.15) is 6.42 Å². The molecule has 8 heteroatoms. The summed E-state index contributed by atoms with van der Waals surface area (Å²) >= 11 is 0. The highest BCUT2D eigenvalue weighted by Gasteiger charge is 2.19. The van der Waals surface area contributed by atoms with Crippen LogP contribution in [0.2, 0.25) is 0 Å². The maximum Gasteiger partial charge on any atom is 0.306 e. The van der Waals surface area contributed by atoms with E-state index in [1.54, 1.807) is 0 Å². The number of sulfonamides is 1. The number of nitrogens with two attached hydrogens (primary N) is 1. The Bertz CT molecular complexity index is 545. The fourth-order valence-corrected chi connectivity index (χ4v) is 2.39. The van der Waals surface area contributed by atoms with E-state index in [9.17, 15) is 17.6 Å². The molecule has 0 aromatic heterocycles. The highest BCUT2D eigenvalue weighted by molar-refractivity contribution is 7.89. The molecule has 3 N–H and O–H groups in total. The Balaban J connectivity index is 2.81. The molecule has 18 heavy (non-hydrogen) atoms. The topological polar surface area (TPSA) is 98.5 Å². The Morgan fingerprint density at radius 2 is 2.17 bits per heavy atom. The lowest BCUT2D eigenvalue weighted by Crippen LogP contribution is -2.27. The molecule has 1 aromatic carbocycles. The third-order valence-corrected chi connectivity index (χ3v) is 3.67. The average Bonchev–Trinajstić information content (AvgIpc) is 2.32. The average molecular weight is 276 g/mol. The number of hydrogen-bond acceptors (Lipinski definition) is 5. The second-order valence-corrected chi connectivity index (χ2v) is 5.11. The summed E-state index contributed by atoms with van der Waals surface area (Å²) in [6.07, 6.45) is -0.120. The lowest BCUT2D eigenvalue weighted by atomic mass is 10.3. The molecule has 0 aliphatic heterocycles. The normalized spacial score (nSPS) is 11.2. The summed E-state index contributed by atoms with van der Waals surface area (Å²) < 4.78 is 43.1. The third kappa shape index (κ3) is 3.41. The third-order valence-electron chi connectivity index (χ3n) is 2.15. The first kappa shape index (κ1) is 14.4. The first-order chi connectivity index (χ1) is 8.38. The van der Waals surface area contributed by atoms with Crippen molar-refractivity contribution >= 4 is 21.7 Å². The number of rotatable bonds is 5. The van der Waals surface area contributed by atoms with Gasteiger partial charge in [-0.1, -0.05) is 6.07 Å². The molecule has 0 bridgehead atoms. The van der Waals surface area contributed by atoms with Crippen molar-refractivity contribution in [3.63, 3.8) is 0 Å². The summed E-state index contributed by atoms with van der Waals surface area (Å²) in [5, 5.41) is 0. The van der Waals surface area contributed by atoms with Gasteiger partial charge in [-0.25, -0.2) is 17.5 Å². The van der Waals surface area contributed by atoms with Gasteiger partial charge in [0, 0.05) is 6.54 Å². The Kier molecular flexibility index (Phi) is 4.62. The van der Waals surface area contributed by atoms with Gasteiger partial charge in [-0.3, -0.25) is 4.79 Å². The molecule has 0 saturated heterocycles. The van der Waals surface area contributed by atoms with E-state index < -0.39 is 27.5 Å². The summed E-state index contributed by atoms with van der Waals surface area (Å²) in [5.74, 6) is -1.37. The molecule has 1 rings (SSSR count). The summed E-state index contributed by atoms with van der Waals surface area (Å²) in [6, 6.07) is 3.47. The van der Waals surface area contributed by atoms with Gasteiger partial charge >= 0.3 is 5.97 Å². The predicted octanol–water partition coefficient (Wildman–Crippen LogP) is 0.249. The molecule has 0 spiro atoms. The maximum absolute atomic E-state index is 13.1. The van der Waals surface area contributed by atoms with E-state index in [-0.39, 0.29) is 17.9 Å². The zero-order chi connectivity index (χ0) is 13.8. The smallest absolute Gasteiger partial charge is 0.306 e. The molecule has 0 fully saturated rings. The number of methoxy groups -OCH3 is 1. The van der Waals surface area contributed by atoms with Crippen molar-refractivity contribution in [3.8, 4) is 0 Å². The standard InChI is InChI=1S/C10H13FN2O4S/c1-17-9(14)5-6-13-18(15,16)8-4-2-3-7(11)10(8)12/h2-4,13H,5-6,12H2,1H3. The molecule has 0 atom stereocenters. The van der Waals surface area contributed by atoms with E-state index in [1.165, 1.54) is 19.2 Å². The van der Waals surface area contributed by atoms with Crippen molar-refractivity contribution < 1.29 is 22.3 Å². The molecule has 100 valence electrons. The number of nitrogens with one attached hydrogen (secondary N) is 1. The van der Waals surface area contributed by atoms with Gasteiger partial charge in [0.1, 0.15) is 10.7 Å². The number of esters is 1. The minimum atomic E-state index is -3.94. The van der Waals surface area contributed by atoms with Crippen LogP contribution in [-0.2, 0) is 19.6 Å². The molecule has 0 aliphatic carbocycles. The summed E-state index contributed by atoms with van der Waals surface area (Å²) in [4.78, 5) is 10.5. The largest absolute Gasteiger partial charge is 0.469 e. The number of carbonyl (C=O) groups excluding carboxylic acids is 1. The van der Waals surface area contributed by atoms with E-state index in [4.69, 9.17) is 5.73 Å². The minimum absolute atomic E-state index is 0.120. The van der Waals surface area contributed by atoms with E-state index in [0.29, 0.717) is 0 Å². The van der Waals surface area contributed by atoms with Crippen molar-refractivity contribution in [2.45, 2.75) is 11.3 Å². The van der Waals surface area contributed by atoms with Gasteiger partial charge in [0.05, 0.1) is 19.2 Å². The number of carbonyl (C=O) groups is 1. The lowest BCUT2D eigenvalue weighted by molar-refractivity contribution is -0.140. The first-order valence-corrected chi connectivity index (χ1v) is 6.47. The molecule has 0 aliphatic rings. The SMILES string of the molecule is COC(=O)CCNS(=O)(=O)c1cccc(F)c1N. The molecule has 0 heterocycles. The van der Waals surface area contributed by atoms with Gasteiger partial charge in [0.25, 0.3) is 0 Å². The molecule has 0 saturated carbocycles. The van der Waals surface area contributed by atoms with Crippen LogP contribution < -0.4 is 10.5 Å². The van der Waals surface area contributed by atoms with E-state index in [1.807, 2.05) is 0 Å². The van der Waals surface area contributed by atoms with Crippen molar-refractivity contribution in [1.82, 2.24) is 4.72 Å². The number of halogens is 1. The predicted molar refractivity (Wildman–Crippen MR) is 62.6 cm³/mol. The van der Waals surface area contributed by atoms with Gasteiger partial charge in [-0.2, -0.15) is 0 Å². The zero-order valence-corrected chi connectivity index (χ0v) is 10.5. The van der Waals surface area contributed by atoms with Crippen LogP contribution >= 0.6 is 0 Å². The number of nitrogen functional groups attached to an aromatic ring is 1. The van der Waals surface area contributed by atoms with Crippen LogP contribution in [0.5, 0.6) is 0 Å². The molecule has 0 radical (unpaired) electrons. The zero-order valence-electron chi connectivity index (χ0n) is 9.64. The number of benzene rings is 1. The Hall–Kier alpha value is -1.67. The number of anilines is 1. The molecule has 1 aromatic rings. The van der Waals surface area contributed by atoms with Crippen LogP contribution in [0.25, 0.3) is 0 Å². The van der Waals surface area contributed by atoms with Gasteiger partial charge < -0.3 is 10.5 Å². The number of ether oxygens (including phenoxy) is 1. The summed E-state index contributed by atoms with van der Waals surface area (Å²) in [7, 11) is -2.74. The van der Waals surface area contributed by atoms with E-state index >= 15 is 0 Å². The van der Waals surface area contributed by atoms with Crippen molar-refractivity contribution in [2.75, 3.05) is 19.4 Å². The van der Waals surface area contributed by atoms with Crippen LogP contribution in [0.3, 0.4) is 0 Å². The maximum atomic E-state index is 13.1. The minimum Gasteiger partial charge on any atom is -0.469 e. The van der Waals surface area contributed by atoms with Crippen LogP contribution in [-0.4, -0.2) is 28.0 Å². The van der Waals surface area contributed by atoms with Crippen molar-refractivity contribution in [3.05, 3.63) is 24.0 Å². The van der Waals surface area contributed by atoms with Crippen LogP contribution in [0.15, 0.2) is 23.1 Å². The molecular formula is C10H13FN2O4S. The second-order valence-electron chi connectivity index (χ2n) is 3.38. The molecule has 0 amide bonds. The van der Waals surface area contributed by atoms with Gasteiger partial charge in [-0.15, -0.1) is 0 Å². The van der Waals surface area contributed by atoms with Gasteiger partial charge in [-0.05, 0) is 12.1 Å². The fraction of sp³-hybridized carbons (Fsp3) is 0.300. The summed E-state index contributed by atoms with van der Waals surface area (Å²) in [6.45, 7) is -0.148. The highest BCUT2D eigenvalue weighted by Crippen LogP contribution is 2.20. The molecule has 0 unspecified atom stereocenters. The number of para-hydroxylation sites is 1. The van der Waals surface area contributed by atoms with Crippen LogP contribution in [0.4, 0.5) is 10.1 Å². The lowest BCUT2D eigenvalue weighted by Gasteiger charge is -2.08. The molecular weight excluding hydrogens is 263 g/mol. The quantitative estimate of drug-likeness (QED) is 0.593. The molecule has 6 nitrogen and oxygen atoms in total. The van der Waals surface area contributed by atoms with E-state index in [0.717, 1.165) is 6.07 Å². The summed E-state index contributed by atoms with van der Waals surface area (Å²) in [5.41, 5.74) is 4.89. The van der Waals surface area contributed by atoms with Crippen LogP contribution in [0, 0.1) is 5.82 Å². The van der Waals surface area contributed by atoms with E-state index in [2.05, 4.69) is 9.46 Å². The van der Waals surface area contributed by atoms with Gasteiger partial charge in [0.2, 0.25) is 10.0 Å². The van der Waals surface area contributed by atoms with Gasteiger partial charge in [0.15, 0.2) is 0 Å². The Morgan fingerprint density at radius 1 is 1.50 bits per heavy atom. The highest BCUT2D eigenvalue weighted by atomic mass is 32.2. The monoisotopic (exact) mass is 276 g/mol. The first-order valence-electron chi connectivity index (χ1n) is 4.99.